The van der Waals surface area contributed by atoms with E-state index in [1.54, 1.807) is 11.0 Å². The zero-order valence-electron chi connectivity index (χ0n) is 13.3. The van der Waals surface area contributed by atoms with Crippen LogP contribution in [-0.4, -0.2) is 43.2 Å². The highest BCUT2D eigenvalue weighted by Gasteiger charge is 2.32. The number of carbonyl (C=O) groups is 1. The van der Waals surface area contributed by atoms with Crippen molar-refractivity contribution in [1.82, 2.24) is 10.2 Å². The molecule has 1 amide bonds. The third-order valence-corrected chi connectivity index (χ3v) is 4.56. The van der Waals surface area contributed by atoms with E-state index in [1.807, 2.05) is 0 Å². The molecule has 2 fully saturated rings. The van der Waals surface area contributed by atoms with Crippen LogP contribution in [0.25, 0.3) is 0 Å². The number of likely N-dealkylation sites (tertiary alicyclic amines) is 1. The minimum absolute atomic E-state index is 0.0662. The Kier molecular flexibility index (Phi) is 5.10. The highest BCUT2D eigenvalue weighted by atomic mass is 19.4. The smallest absolute Gasteiger partial charge is 0.380 e. The second-order valence-corrected chi connectivity index (χ2v) is 6.35. The molecule has 0 unspecified atom stereocenters. The van der Waals surface area contributed by atoms with E-state index in [1.165, 1.54) is 12.1 Å². The Morgan fingerprint density at radius 2 is 2.21 bits per heavy atom. The summed E-state index contributed by atoms with van der Waals surface area (Å²) in [6, 6.07) is 5.12. The monoisotopic (exact) mass is 342 g/mol. The SMILES string of the molecule is O=C1CCCN1C[C@H](N[C@@H]1CCOC1)c1cccc(C(F)(F)F)c1. The molecular formula is C17H21F3N2O2. The van der Waals surface area contributed by atoms with Crippen LogP contribution < -0.4 is 5.32 Å². The van der Waals surface area contributed by atoms with Crippen molar-refractivity contribution in [3.63, 3.8) is 0 Å². The zero-order chi connectivity index (χ0) is 17.2. The topological polar surface area (TPSA) is 41.6 Å². The van der Waals surface area contributed by atoms with Crippen molar-refractivity contribution in [2.75, 3.05) is 26.3 Å². The summed E-state index contributed by atoms with van der Waals surface area (Å²) in [7, 11) is 0. The predicted molar refractivity (Wildman–Crippen MR) is 82.4 cm³/mol. The fraction of sp³-hybridized carbons (Fsp3) is 0.588. The van der Waals surface area contributed by atoms with Crippen molar-refractivity contribution in [3.05, 3.63) is 35.4 Å². The second-order valence-electron chi connectivity index (χ2n) is 6.35. The molecule has 1 N–H and O–H groups in total. The zero-order valence-corrected chi connectivity index (χ0v) is 13.3. The fourth-order valence-electron chi connectivity index (χ4n) is 3.25. The van der Waals surface area contributed by atoms with Gasteiger partial charge in [0, 0.05) is 32.2 Å². The minimum Gasteiger partial charge on any atom is -0.380 e. The van der Waals surface area contributed by atoms with Crippen molar-refractivity contribution in [2.45, 2.75) is 37.5 Å². The molecule has 7 heteroatoms. The van der Waals surface area contributed by atoms with Gasteiger partial charge in [-0.25, -0.2) is 0 Å². The lowest BCUT2D eigenvalue weighted by molar-refractivity contribution is -0.137. The number of benzene rings is 1. The molecule has 2 saturated heterocycles. The summed E-state index contributed by atoms with van der Waals surface area (Å²) in [5.74, 6) is 0.0662. The Labute approximate surface area is 139 Å². The van der Waals surface area contributed by atoms with Crippen molar-refractivity contribution >= 4 is 5.91 Å². The average molecular weight is 342 g/mol. The molecule has 0 bridgehead atoms. The number of carbonyl (C=O) groups excluding carboxylic acids is 1. The van der Waals surface area contributed by atoms with Gasteiger partial charge in [-0.2, -0.15) is 13.2 Å². The lowest BCUT2D eigenvalue weighted by atomic mass is 10.0. The van der Waals surface area contributed by atoms with Gasteiger partial charge in [0.05, 0.1) is 18.2 Å². The Bertz CT molecular complexity index is 585. The van der Waals surface area contributed by atoms with Crippen LogP contribution in [0.3, 0.4) is 0 Å². The van der Waals surface area contributed by atoms with Gasteiger partial charge in [0.1, 0.15) is 0 Å². The van der Waals surface area contributed by atoms with Crippen molar-refractivity contribution in [3.8, 4) is 0 Å². The van der Waals surface area contributed by atoms with Crippen molar-refractivity contribution in [1.29, 1.82) is 0 Å². The van der Waals surface area contributed by atoms with Gasteiger partial charge in [0.25, 0.3) is 0 Å². The van der Waals surface area contributed by atoms with Gasteiger partial charge in [-0.3, -0.25) is 4.79 Å². The van der Waals surface area contributed by atoms with E-state index < -0.39 is 11.7 Å². The Morgan fingerprint density at radius 1 is 1.38 bits per heavy atom. The molecule has 2 aliphatic rings. The molecule has 0 aliphatic carbocycles. The summed E-state index contributed by atoms with van der Waals surface area (Å²) in [4.78, 5) is 13.6. The molecule has 24 heavy (non-hydrogen) atoms. The summed E-state index contributed by atoms with van der Waals surface area (Å²) in [5.41, 5.74) is -0.112. The average Bonchev–Trinajstić information content (AvgIpc) is 3.18. The van der Waals surface area contributed by atoms with Crippen LogP contribution in [0.15, 0.2) is 24.3 Å². The molecule has 3 rings (SSSR count). The van der Waals surface area contributed by atoms with Gasteiger partial charge in [0.2, 0.25) is 5.91 Å². The van der Waals surface area contributed by atoms with Crippen LogP contribution in [0.1, 0.15) is 36.4 Å². The van der Waals surface area contributed by atoms with Gasteiger partial charge in [-0.15, -0.1) is 0 Å². The first-order chi connectivity index (χ1) is 11.4. The molecular weight excluding hydrogens is 321 g/mol. The number of halogens is 3. The summed E-state index contributed by atoms with van der Waals surface area (Å²) in [5, 5.41) is 3.37. The van der Waals surface area contributed by atoms with E-state index in [2.05, 4.69) is 5.32 Å². The first-order valence-corrected chi connectivity index (χ1v) is 8.22. The van der Waals surface area contributed by atoms with Gasteiger partial charge < -0.3 is 15.0 Å². The van der Waals surface area contributed by atoms with E-state index >= 15 is 0 Å². The third-order valence-electron chi connectivity index (χ3n) is 4.56. The molecule has 0 spiro atoms. The molecule has 0 radical (unpaired) electrons. The maximum atomic E-state index is 13.0. The third kappa shape index (κ3) is 4.08. The molecule has 1 aromatic rings. The van der Waals surface area contributed by atoms with Crippen LogP contribution in [0.4, 0.5) is 13.2 Å². The number of nitrogens with one attached hydrogen (secondary N) is 1. The first-order valence-electron chi connectivity index (χ1n) is 8.22. The minimum atomic E-state index is -4.37. The standard InChI is InChI=1S/C17H21F3N2O2/c18-17(19,20)13-4-1-3-12(9-13)15(21-14-6-8-24-11-14)10-22-7-2-5-16(22)23/h1,3-4,9,14-15,21H,2,5-8,10-11H2/t14-,15+/m1/s1. The molecule has 2 aliphatic heterocycles. The lowest BCUT2D eigenvalue weighted by Crippen LogP contribution is -2.40. The molecule has 0 aromatic heterocycles. The summed E-state index contributed by atoms with van der Waals surface area (Å²) < 4.78 is 44.3. The highest BCUT2D eigenvalue weighted by Crippen LogP contribution is 2.31. The lowest BCUT2D eigenvalue weighted by Gasteiger charge is -2.28. The summed E-state index contributed by atoms with van der Waals surface area (Å²) in [6.07, 6.45) is -2.23. The largest absolute Gasteiger partial charge is 0.416 e. The quantitative estimate of drug-likeness (QED) is 0.895. The van der Waals surface area contributed by atoms with Crippen LogP contribution in [0.5, 0.6) is 0 Å². The maximum absolute atomic E-state index is 13.0. The molecule has 0 saturated carbocycles. The molecule has 2 atom stereocenters. The Balaban J connectivity index is 1.81. The van der Waals surface area contributed by atoms with Gasteiger partial charge >= 0.3 is 6.18 Å². The Morgan fingerprint density at radius 3 is 2.83 bits per heavy atom. The van der Waals surface area contributed by atoms with E-state index in [4.69, 9.17) is 4.74 Å². The van der Waals surface area contributed by atoms with Gasteiger partial charge in [-0.1, -0.05) is 12.1 Å². The van der Waals surface area contributed by atoms with E-state index in [9.17, 15) is 18.0 Å². The Hall–Kier alpha value is -1.60. The van der Waals surface area contributed by atoms with Gasteiger partial charge in [-0.05, 0) is 30.5 Å². The number of nitrogens with zero attached hydrogens (tertiary/aromatic N) is 1. The van der Waals surface area contributed by atoms with E-state index in [0.29, 0.717) is 38.3 Å². The van der Waals surface area contributed by atoms with Crippen molar-refractivity contribution in [2.24, 2.45) is 0 Å². The number of hydrogen-bond donors (Lipinski definition) is 1. The van der Waals surface area contributed by atoms with Crippen molar-refractivity contribution < 1.29 is 22.7 Å². The first kappa shape index (κ1) is 17.2. The second kappa shape index (κ2) is 7.11. The fourth-order valence-corrected chi connectivity index (χ4v) is 3.25. The van der Waals surface area contributed by atoms with Crippen LogP contribution in [0.2, 0.25) is 0 Å². The molecule has 2 heterocycles. The normalized spacial score (nSPS) is 23.0. The van der Waals surface area contributed by atoms with Crippen LogP contribution in [0, 0.1) is 0 Å². The van der Waals surface area contributed by atoms with Crippen LogP contribution in [-0.2, 0) is 15.7 Å². The molecule has 4 nitrogen and oxygen atoms in total. The summed E-state index contributed by atoms with van der Waals surface area (Å²) >= 11 is 0. The molecule has 132 valence electrons. The number of rotatable bonds is 5. The summed E-state index contributed by atoms with van der Waals surface area (Å²) in [6.45, 7) is 2.24. The number of amides is 1. The van der Waals surface area contributed by atoms with Crippen LogP contribution >= 0.6 is 0 Å². The number of alkyl halides is 3. The molecule has 1 aromatic carbocycles. The number of hydrogen-bond acceptors (Lipinski definition) is 3. The predicted octanol–water partition coefficient (Wildman–Crippen LogP) is 2.75. The number of ether oxygens (including phenoxy) is 1. The van der Waals surface area contributed by atoms with E-state index in [-0.39, 0.29) is 18.0 Å². The maximum Gasteiger partial charge on any atom is 0.416 e. The highest BCUT2D eigenvalue weighted by molar-refractivity contribution is 5.78. The van der Waals surface area contributed by atoms with Gasteiger partial charge in [0.15, 0.2) is 0 Å². The van der Waals surface area contributed by atoms with E-state index in [0.717, 1.165) is 18.9 Å².